The van der Waals surface area contributed by atoms with Crippen LogP contribution in [0.2, 0.25) is 0 Å². The smallest absolute Gasteiger partial charge is 0.406 e. The average Bonchev–Trinajstić information content (AvgIpc) is 2.45. The number of fused-ring (bicyclic) bond motifs is 1. The second-order valence-electron chi connectivity index (χ2n) is 3.93. The maximum absolute atomic E-state index is 11.3. The molecule has 2 aromatic rings. The molecule has 0 unspecified atom stereocenters. The molecule has 1 aromatic heterocycles. The SMILES string of the molecule is CC(C)c1cc(Br)c2oc(=O)n(C)c2c1. The van der Waals surface area contributed by atoms with Crippen LogP contribution in [0, 0.1) is 0 Å². The van der Waals surface area contributed by atoms with E-state index in [0.29, 0.717) is 11.5 Å². The van der Waals surface area contributed by atoms with Crippen molar-refractivity contribution in [1.29, 1.82) is 0 Å². The van der Waals surface area contributed by atoms with Crippen LogP contribution in [-0.2, 0) is 7.05 Å². The van der Waals surface area contributed by atoms with Crippen molar-refractivity contribution in [2.45, 2.75) is 19.8 Å². The largest absolute Gasteiger partial charge is 0.419 e. The predicted octanol–water partition coefficient (Wildman–Crippen LogP) is 3.02. The molecule has 0 saturated heterocycles. The molecule has 15 heavy (non-hydrogen) atoms. The van der Waals surface area contributed by atoms with Crippen LogP contribution in [0.5, 0.6) is 0 Å². The number of benzene rings is 1. The van der Waals surface area contributed by atoms with E-state index in [9.17, 15) is 4.79 Å². The molecule has 0 bridgehead atoms. The zero-order chi connectivity index (χ0) is 11.2. The fraction of sp³-hybridized carbons (Fsp3) is 0.364. The minimum atomic E-state index is -0.327. The molecular formula is C11H12BrNO2. The number of oxazole rings is 1. The lowest BCUT2D eigenvalue weighted by Gasteiger charge is -2.06. The number of hydrogen-bond donors (Lipinski definition) is 0. The summed E-state index contributed by atoms with van der Waals surface area (Å²) in [6.45, 7) is 4.23. The Labute approximate surface area is 95.8 Å². The molecule has 0 aliphatic heterocycles. The molecule has 0 radical (unpaired) electrons. The van der Waals surface area contributed by atoms with Gasteiger partial charge in [-0.25, -0.2) is 4.79 Å². The molecule has 0 N–H and O–H groups in total. The predicted molar refractivity (Wildman–Crippen MR) is 63.2 cm³/mol. The Morgan fingerprint density at radius 1 is 1.40 bits per heavy atom. The highest BCUT2D eigenvalue weighted by molar-refractivity contribution is 9.10. The highest BCUT2D eigenvalue weighted by Crippen LogP contribution is 2.28. The van der Waals surface area contributed by atoms with Crippen LogP contribution < -0.4 is 5.76 Å². The van der Waals surface area contributed by atoms with Gasteiger partial charge in [-0.3, -0.25) is 4.57 Å². The van der Waals surface area contributed by atoms with Crippen LogP contribution in [-0.4, -0.2) is 4.57 Å². The summed E-state index contributed by atoms with van der Waals surface area (Å²) in [4.78, 5) is 11.3. The average molecular weight is 270 g/mol. The molecule has 0 amide bonds. The van der Waals surface area contributed by atoms with Gasteiger partial charge in [0.1, 0.15) is 0 Å². The van der Waals surface area contributed by atoms with E-state index in [2.05, 4.69) is 29.8 Å². The maximum Gasteiger partial charge on any atom is 0.419 e. The van der Waals surface area contributed by atoms with Gasteiger partial charge in [0.05, 0.1) is 9.99 Å². The van der Waals surface area contributed by atoms with Crippen LogP contribution in [0.1, 0.15) is 25.3 Å². The number of hydrogen-bond acceptors (Lipinski definition) is 2. The van der Waals surface area contributed by atoms with E-state index in [4.69, 9.17) is 4.42 Å². The molecule has 0 aliphatic rings. The highest BCUT2D eigenvalue weighted by Gasteiger charge is 2.12. The monoisotopic (exact) mass is 269 g/mol. The van der Waals surface area contributed by atoms with Crippen molar-refractivity contribution in [1.82, 2.24) is 4.57 Å². The van der Waals surface area contributed by atoms with Crippen LogP contribution in [0.3, 0.4) is 0 Å². The topological polar surface area (TPSA) is 35.1 Å². The van der Waals surface area contributed by atoms with Gasteiger partial charge in [0, 0.05) is 7.05 Å². The van der Waals surface area contributed by atoms with Crippen molar-refractivity contribution in [3.05, 3.63) is 32.7 Å². The van der Waals surface area contributed by atoms with Crippen LogP contribution in [0.25, 0.3) is 11.1 Å². The Morgan fingerprint density at radius 3 is 2.67 bits per heavy atom. The van der Waals surface area contributed by atoms with Crippen molar-refractivity contribution in [3.63, 3.8) is 0 Å². The normalized spacial score (nSPS) is 11.5. The van der Waals surface area contributed by atoms with E-state index >= 15 is 0 Å². The van der Waals surface area contributed by atoms with Gasteiger partial charge in [-0.05, 0) is 39.5 Å². The Kier molecular flexibility index (Phi) is 2.46. The van der Waals surface area contributed by atoms with Crippen LogP contribution >= 0.6 is 15.9 Å². The summed E-state index contributed by atoms with van der Waals surface area (Å²) in [6, 6.07) is 3.99. The summed E-state index contributed by atoms with van der Waals surface area (Å²) >= 11 is 3.42. The van der Waals surface area contributed by atoms with Crippen molar-refractivity contribution >= 4 is 27.0 Å². The minimum absolute atomic E-state index is 0.327. The molecule has 0 atom stereocenters. The van der Waals surface area contributed by atoms with E-state index in [1.165, 1.54) is 10.1 Å². The summed E-state index contributed by atoms with van der Waals surface area (Å²) in [5.74, 6) is 0.0994. The third-order valence-electron chi connectivity index (χ3n) is 2.54. The third kappa shape index (κ3) is 1.63. The van der Waals surface area contributed by atoms with Crippen LogP contribution in [0.15, 0.2) is 25.8 Å². The van der Waals surface area contributed by atoms with Gasteiger partial charge in [-0.15, -0.1) is 0 Å². The van der Waals surface area contributed by atoms with E-state index in [-0.39, 0.29) is 5.76 Å². The van der Waals surface area contributed by atoms with Crippen molar-refractivity contribution in [3.8, 4) is 0 Å². The Bertz CT molecular complexity index is 566. The lowest BCUT2D eigenvalue weighted by molar-refractivity contribution is 0.527. The van der Waals surface area contributed by atoms with Crippen molar-refractivity contribution in [2.75, 3.05) is 0 Å². The molecule has 1 aromatic carbocycles. The van der Waals surface area contributed by atoms with E-state index in [1.54, 1.807) is 7.05 Å². The van der Waals surface area contributed by atoms with Gasteiger partial charge in [0.15, 0.2) is 5.58 Å². The maximum atomic E-state index is 11.3. The summed E-state index contributed by atoms with van der Waals surface area (Å²) in [7, 11) is 1.71. The van der Waals surface area contributed by atoms with Gasteiger partial charge >= 0.3 is 5.76 Å². The number of halogens is 1. The van der Waals surface area contributed by atoms with Gasteiger partial charge in [0.2, 0.25) is 0 Å². The zero-order valence-corrected chi connectivity index (χ0v) is 10.5. The van der Waals surface area contributed by atoms with Gasteiger partial charge in [-0.1, -0.05) is 13.8 Å². The molecule has 2 rings (SSSR count). The molecular weight excluding hydrogens is 258 g/mol. The Morgan fingerprint density at radius 2 is 2.07 bits per heavy atom. The van der Waals surface area contributed by atoms with Gasteiger partial charge in [0.25, 0.3) is 0 Å². The van der Waals surface area contributed by atoms with E-state index < -0.39 is 0 Å². The number of aromatic nitrogens is 1. The third-order valence-corrected chi connectivity index (χ3v) is 3.13. The Hall–Kier alpha value is -1.03. The van der Waals surface area contributed by atoms with Crippen molar-refractivity contribution < 1.29 is 4.42 Å². The highest BCUT2D eigenvalue weighted by atomic mass is 79.9. The van der Waals surface area contributed by atoms with Gasteiger partial charge in [-0.2, -0.15) is 0 Å². The minimum Gasteiger partial charge on any atom is -0.406 e. The fourth-order valence-corrected chi connectivity index (χ4v) is 2.09. The lowest BCUT2D eigenvalue weighted by Crippen LogP contribution is -2.08. The number of nitrogens with zero attached hydrogens (tertiary/aromatic N) is 1. The molecule has 0 spiro atoms. The van der Waals surface area contributed by atoms with Crippen LogP contribution in [0.4, 0.5) is 0 Å². The quantitative estimate of drug-likeness (QED) is 0.798. The zero-order valence-electron chi connectivity index (χ0n) is 8.87. The van der Waals surface area contributed by atoms with Crippen molar-refractivity contribution in [2.24, 2.45) is 7.05 Å². The first-order chi connectivity index (χ1) is 7.00. The first-order valence-corrected chi connectivity index (χ1v) is 5.59. The molecule has 0 aliphatic carbocycles. The first kappa shape index (κ1) is 10.5. The summed E-state index contributed by atoms with van der Waals surface area (Å²) in [5.41, 5.74) is 2.63. The molecule has 80 valence electrons. The summed E-state index contributed by atoms with van der Waals surface area (Å²) in [5, 5.41) is 0. The first-order valence-electron chi connectivity index (χ1n) is 4.79. The second-order valence-corrected chi connectivity index (χ2v) is 4.79. The second kappa shape index (κ2) is 3.52. The molecule has 0 saturated carbocycles. The van der Waals surface area contributed by atoms with E-state index in [1.807, 2.05) is 12.1 Å². The molecule has 3 nitrogen and oxygen atoms in total. The fourth-order valence-electron chi connectivity index (χ4n) is 1.54. The van der Waals surface area contributed by atoms with Gasteiger partial charge < -0.3 is 4.42 Å². The summed E-state index contributed by atoms with van der Waals surface area (Å²) < 4.78 is 7.48. The summed E-state index contributed by atoms with van der Waals surface area (Å²) in [6.07, 6.45) is 0. The standard InChI is InChI=1S/C11H12BrNO2/c1-6(2)7-4-8(12)10-9(5-7)13(3)11(14)15-10/h4-6H,1-3H3. The Balaban J connectivity index is 2.85. The molecule has 4 heteroatoms. The molecule has 1 heterocycles. The molecule has 0 fully saturated rings. The number of rotatable bonds is 1. The lowest BCUT2D eigenvalue weighted by atomic mass is 10.0. The van der Waals surface area contributed by atoms with E-state index in [0.717, 1.165) is 9.99 Å². The number of aryl methyl sites for hydroxylation is 1.